The van der Waals surface area contributed by atoms with Gasteiger partial charge in [-0.25, -0.2) is 4.39 Å². The van der Waals surface area contributed by atoms with Crippen LogP contribution in [0.3, 0.4) is 0 Å². The van der Waals surface area contributed by atoms with E-state index in [0.717, 1.165) is 6.07 Å². The number of aliphatic hydroxyl groups is 1. The van der Waals surface area contributed by atoms with Crippen LogP contribution in [-0.2, 0) is 0 Å². The van der Waals surface area contributed by atoms with E-state index in [1.54, 1.807) is 0 Å². The standard InChI is InChI=1S/C10H13FN2O4/c1-17-10-6-8(12-3-2-4-14)7(11)5-9(10)13(15)16/h5-6,12,14H,2-4H2,1H3. The number of nitro groups is 1. The monoisotopic (exact) mass is 244 g/mol. The number of nitrogens with one attached hydrogen (secondary N) is 1. The molecule has 0 atom stereocenters. The molecule has 0 amide bonds. The van der Waals surface area contributed by atoms with E-state index >= 15 is 0 Å². The minimum absolute atomic E-state index is 0.0112. The second-order valence-electron chi connectivity index (χ2n) is 3.26. The zero-order valence-corrected chi connectivity index (χ0v) is 9.27. The van der Waals surface area contributed by atoms with E-state index in [-0.39, 0.29) is 18.0 Å². The number of hydrogen-bond acceptors (Lipinski definition) is 5. The third kappa shape index (κ3) is 3.28. The summed E-state index contributed by atoms with van der Waals surface area (Å²) in [4.78, 5) is 9.90. The number of nitro benzene ring substituents is 1. The Balaban J connectivity index is 2.96. The van der Waals surface area contributed by atoms with Crippen molar-refractivity contribution >= 4 is 11.4 Å². The third-order valence-corrected chi connectivity index (χ3v) is 2.12. The highest BCUT2D eigenvalue weighted by Crippen LogP contribution is 2.32. The lowest BCUT2D eigenvalue weighted by Gasteiger charge is -2.09. The molecule has 0 unspecified atom stereocenters. The van der Waals surface area contributed by atoms with Crippen molar-refractivity contribution in [1.29, 1.82) is 0 Å². The molecule has 0 spiro atoms. The molecule has 0 saturated heterocycles. The number of benzene rings is 1. The van der Waals surface area contributed by atoms with Crippen molar-refractivity contribution in [3.8, 4) is 5.75 Å². The van der Waals surface area contributed by atoms with Crippen molar-refractivity contribution in [2.45, 2.75) is 6.42 Å². The van der Waals surface area contributed by atoms with Crippen LogP contribution in [0.4, 0.5) is 15.8 Å². The van der Waals surface area contributed by atoms with Crippen LogP contribution in [-0.4, -0.2) is 30.3 Å². The van der Waals surface area contributed by atoms with Crippen molar-refractivity contribution in [2.75, 3.05) is 25.6 Å². The molecule has 0 radical (unpaired) electrons. The van der Waals surface area contributed by atoms with Gasteiger partial charge in [-0.2, -0.15) is 0 Å². The van der Waals surface area contributed by atoms with Gasteiger partial charge in [0.05, 0.1) is 23.8 Å². The normalized spacial score (nSPS) is 10.1. The van der Waals surface area contributed by atoms with Crippen molar-refractivity contribution in [1.82, 2.24) is 0 Å². The molecule has 17 heavy (non-hydrogen) atoms. The van der Waals surface area contributed by atoms with Crippen LogP contribution < -0.4 is 10.1 Å². The summed E-state index contributed by atoms with van der Waals surface area (Å²) in [6.07, 6.45) is 0.457. The Hall–Kier alpha value is -1.89. The molecule has 0 heterocycles. The minimum Gasteiger partial charge on any atom is -0.490 e. The molecule has 0 aliphatic carbocycles. The van der Waals surface area contributed by atoms with E-state index in [0.29, 0.717) is 13.0 Å². The van der Waals surface area contributed by atoms with Crippen molar-refractivity contribution in [3.63, 3.8) is 0 Å². The molecule has 1 aromatic carbocycles. The predicted molar refractivity (Wildman–Crippen MR) is 59.8 cm³/mol. The molecule has 0 bridgehead atoms. The molecule has 1 rings (SSSR count). The maximum Gasteiger partial charge on any atom is 0.313 e. The summed E-state index contributed by atoms with van der Waals surface area (Å²) in [6, 6.07) is 2.03. The van der Waals surface area contributed by atoms with Crippen LogP contribution in [0, 0.1) is 15.9 Å². The van der Waals surface area contributed by atoms with E-state index in [1.165, 1.54) is 13.2 Å². The first kappa shape index (κ1) is 13.2. The number of methoxy groups -OCH3 is 1. The molecule has 0 aliphatic heterocycles. The van der Waals surface area contributed by atoms with Crippen LogP contribution in [0.25, 0.3) is 0 Å². The first-order chi connectivity index (χ1) is 8.10. The lowest BCUT2D eigenvalue weighted by atomic mass is 10.2. The van der Waals surface area contributed by atoms with Gasteiger partial charge in [-0.1, -0.05) is 0 Å². The maximum atomic E-state index is 13.5. The van der Waals surface area contributed by atoms with E-state index in [1.807, 2.05) is 0 Å². The van der Waals surface area contributed by atoms with Gasteiger partial charge in [0.25, 0.3) is 0 Å². The van der Waals surface area contributed by atoms with Gasteiger partial charge in [-0.05, 0) is 6.42 Å². The Bertz CT molecular complexity index is 412. The second kappa shape index (κ2) is 6.00. The lowest BCUT2D eigenvalue weighted by Crippen LogP contribution is -2.06. The Morgan fingerprint density at radius 1 is 1.59 bits per heavy atom. The number of anilines is 1. The van der Waals surface area contributed by atoms with Gasteiger partial charge in [0.2, 0.25) is 0 Å². The molecule has 1 aromatic rings. The van der Waals surface area contributed by atoms with Gasteiger partial charge in [0, 0.05) is 19.2 Å². The summed E-state index contributed by atoms with van der Waals surface area (Å²) < 4.78 is 18.3. The van der Waals surface area contributed by atoms with E-state index in [4.69, 9.17) is 9.84 Å². The highest BCUT2D eigenvalue weighted by molar-refractivity contribution is 5.59. The average Bonchev–Trinajstić information content (AvgIpc) is 2.30. The summed E-state index contributed by atoms with van der Waals surface area (Å²) >= 11 is 0. The zero-order valence-electron chi connectivity index (χ0n) is 9.27. The minimum atomic E-state index is -0.726. The quantitative estimate of drug-likeness (QED) is 0.450. The van der Waals surface area contributed by atoms with Crippen LogP contribution in [0.5, 0.6) is 5.75 Å². The maximum absolute atomic E-state index is 13.5. The summed E-state index contributed by atoms with van der Waals surface area (Å²) in [5.74, 6) is -0.738. The summed E-state index contributed by atoms with van der Waals surface area (Å²) in [5.41, 5.74) is -0.307. The fourth-order valence-corrected chi connectivity index (χ4v) is 1.29. The van der Waals surface area contributed by atoms with Gasteiger partial charge in [0.1, 0.15) is 0 Å². The average molecular weight is 244 g/mol. The first-order valence-electron chi connectivity index (χ1n) is 4.96. The summed E-state index contributed by atoms with van der Waals surface area (Å²) in [5, 5.41) is 21.9. The van der Waals surface area contributed by atoms with E-state index in [2.05, 4.69) is 5.32 Å². The van der Waals surface area contributed by atoms with Crippen LogP contribution >= 0.6 is 0 Å². The molecule has 6 nitrogen and oxygen atoms in total. The topological polar surface area (TPSA) is 84.6 Å². The molecule has 0 aromatic heterocycles. The van der Waals surface area contributed by atoms with Crippen molar-refractivity contribution in [3.05, 3.63) is 28.1 Å². The number of aliphatic hydroxyl groups excluding tert-OH is 1. The number of nitrogens with zero attached hydrogens (tertiary/aromatic N) is 1. The zero-order chi connectivity index (χ0) is 12.8. The third-order valence-electron chi connectivity index (χ3n) is 2.12. The fraction of sp³-hybridized carbons (Fsp3) is 0.400. The number of hydrogen-bond donors (Lipinski definition) is 2. The van der Waals surface area contributed by atoms with Crippen LogP contribution in [0.2, 0.25) is 0 Å². The SMILES string of the molecule is COc1cc(NCCCO)c(F)cc1[N+](=O)[O-]. The molecule has 7 heteroatoms. The molecular weight excluding hydrogens is 231 g/mol. The fourth-order valence-electron chi connectivity index (χ4n) is 1.29. The Morgan fingerprint density at radius 3 is 2.82 bits per heavy atom. The van der Waals surface area contributed by atoms with Crippen LogP contribution in [0.1, 0.15) is 6.42 Å². The van der Waals surface area contributed by atoms with Crippen molar-refractivity contribution < 1.29 is 19.2 Å². The molecule has 0 fully saturated rings. The summed E-state index contributed by atoms with van der Waals surface area (Å²) in [6.45, 7) is 0.354. The Morgan fingerprint density at radius 2 is 2.29 bits per heavy atom. The van der Waals surface area contributed by atoms with Crippen molar-refractivity contribution in [2.24, 2.45) is 0 Å². The largest absolute Gasteiger partial charge is 0.490 e. The van der Waals surface area contributed by atoms with E-state index in [9.17, 15) is 14.5 Å². The Labute approximate surface area is 97.2 Å². The molecule has 0 saturated carbocycles. The number of halogens is 1. The van der Waals surface area contributed by atoms with Gasteiger partial charge in [0.15, 0.2) is 11.6 Å². The Kier molecular flexibility index (Phi) is 4.65. The molecule has 0 aliphatic rings. The highest BCUT2D eigenvalue weighted by atomic mass is 19.1. The highest BCUT2D eigenvalue weighted by Gasteiger charge is 2.18. The lowest BCUT2D eigenvalue weighted by molar-refractivity contribution is -0.385. The van der Waals surface area contributed by atoms with Gasteiger partial charge >= 0.3 is 5.69 Å². The molecular formula is C10H13FN2O4. The van der Waals surface area contributed by atoms with Gasteiger partial charge in [-0.3, -0.25) is 10.1 Å². The molecule has 2 N–H and O–H groups in total. The van der Waals surface area contributed by atoms with Gasteiger partial charge in [-0.15, -0.1) is 0 Å². The van der Waals surface area contributed by atoms with Crippen LogP contribution in [0.15, 0.2) is 12.1 Å². The molecule has 94 valence electrons. The smallest absolute Gasteiger partial charge is 0.313 e. The first-order valence-corrected chi connectivity index (χ1v) is 4.96. The van der Waals surface area contributed by atoms with E-state index < -0.39 is 16.4 Å². The number of rotatable bonds is 6. The second-order valence-corrected chi connectivity index (χ2v) is 3.26. The summed E-state index contributed by atoms with van der Waals surface area (Å²) in [7, 11) is 1.28. The number of ether oxygens (including phenoxy) is 1. The van der Waals surface area contributed by atoms with Gasteiger partial charge < -0.3 is 15.2 Å². The predicted octanol–water partition coefficient (Wildman–Crippen LogP) is 1.54.